The number of methoxy groups -OCH3 is 1. The van der Waals surface area contributed by atoms with Crippen molar-refractivity contribution in [1.82, 2.24) is 5.32 Å². The van der Waals surface area contributed by atoms with Crippen LogP contribution >= 0.6 is 0 Å². The highest BCUT2D eigenvalue weighted by molar-refractivity contribution is 5.38. The number of rotatable bonds is 6. The molecule has 0 radical (unpaired) electrons. The first-order chi connectivity index (χ1) is 8.49. The molecule has 102 valence electrons. The number of ether oxygens (including phenoxy) is 1. The standard InChI is InChI=1S/C15H25NO2/c1-6-12-9-13(7-8-14(12)18-5)15(17)11(4)16-10(2)3/h7-11,15-17H,6H2,1-5H3. The van der Waals surface area contributed by atoms with Crippen LogP contribution in [0.1, 0.15) is 44.9 Å². The van der Waals surface area contributed by atoms with E-state index in [1.807, 2.05) is 25.1 Å². The molecule has 1 rings (SSSR count). The van der Waals surface area contributed by atoms with Crippen LogP contribution in [-0.2, 0) is 6.42 Å². The van der Waals surface area contributed by atoms with Crippen LogP contribution in [0, 0.1) is 0 Å². The molecule has 3 heteroatoms. The molecule has 2 atom stereocenters. The number of hydrogen-bond acceptors (Lipinski definition) is 3. The Bertz CT molecular complexity index is 377. The van der Waals surface area contributed by atoms with Crippen molar-refractivity contribution in [2.24, 2.45) is 0 Å². The summed E-state index contributed by atoms with van der Waals surface area (Å²) >= 11 is 0. The fraction of sp³-hybridized carbons (Fsp3) is 0.600. The molecular formula is C15H25NO2. The van der Waals surface area contributed by atoms with E-state index >= 15 is 0 Å². The summed E-state index contributed by atoms with van der Waals surface area (Å²) < 4.78 is 5.30. The largest absolute Gasteiger partial charge is 0.496 e. The Hall–Kier alpha value is -1.06. The van der Waals surface area contributed by atoms with Gasteiger partial charge in [-0.15, -0.1) is 0 Å². The second-order valence-electron chi connectivity index (χ2n) is 4.98. The third kappa shape index (κ3) is 3.72. The first-order valence-corrected chi connectivity index (χ1v) is 6.60. The van der Waals surface area contributed by atoms with Gasteiger partial charge >= 0.3 is 0 Å². The summed E-state index contributed by atoms with van der Waals surface area (Å²) in [5.74, 6) is 0.887. The maximum absolute atomic E-state index is 10.3. The third-order valence-electron chi connectivity index (χ3n) is 3.10. The van der Waals surface area contributed by atoms with Crippen molar-refractivity contribution in [3.8, 4) is 5.75 Å². The lowest BCUT2D eigenvalue weighted by Gasteiger charge is -2.23. The Morgan fingerprint density at radius 2 is 1.94 bits per heavy atom. The molecule has 18 heavy (non-hydrogen) atoms. The molecule has 0 aromatic heterocycles. The van der Waals surface area contributed by atoms with Crippen molar-refractivity contribution in [3.63, 3.8) is 0 Å². The van der Waals surface area contributed by atoms with E-state index < -0.39 is 6.10 Å². The number of aryl methyl sites for hydroxylation is 1. The topological polar surface area (TPSA) is 41.5 Å². The summed E-state index contributed by atoms with van der Waals surface area (Å²) in [5.41, 5.74) is 2.07. The minimum atomic E-state index is -0.497. The van der Waals surface area contributed by atoms with Gasteiger partial charge in [-0.25, -0.2) is 0 Å². The highest BCUT2D eigenvalue weighted by Crippen LogP contribution is 2.25. The van der Waals surface area contributed by atoms with Crippen LogP contribution in [-0.4, -0.2) is 24.3 Å². The first kappa shape index (κ1) is 15.0. The molecule has 0 heterocycles. The summed E-state index contributed by atoms with van der Waals surface area (Å²) in [6.45, 7) is 8.24. The van der Waals surface area contributed by atoms with Crippen LogP contribution in [0.25, 0.3) is 0 Å². The smallest absolute Gasteiger partial charge is 0.122 e. The van der Waals surface area contributed by atoms with Gasteiger partial charge < -0.3 is 15.2 Å². The Morgan fingerprint density at radius 1 is 1.28 bits per heavy atom. The number of aliphatic hydroxyl groups is 1. The fourth-order valence-corrected chi connectivity index (χ4v) is 2.16. The van der Waals surface area contributed by atoms with Crippen molar-refractivity contribution in [3.05, 3.63) is 29.3 Å². The Morgan fingerprint density at radius 3 is 2.44 bits per heavy atom. The molecule has 0 spiro atoms. The monoisotopic (exact) mass is 251 g/mol. The van der Waals surface area contributed by atoms with Gasteiger partial charge in [0.2, 0.25) is 0 Å². The molecule has 1 aromatic rings. The highest BCUT2D eigenvalue weighted by atomic mass is 16.5. The average molecular weight is 251 g/mol. The maximum Gasteiger partial charge on any atom is 0.122 e. The van der Waals surface area contributed by atoms with Gasteiger partial charge in [-0.1, -0.05) is 26.8 Å². The lowest BCUT2D eigenvalue weighted by Crippen LogP contribution is -2.37. The fourth-order valence-electron chi connectivity index (χ4n) is 2.16. The molecular weight excluding hydrogens is 226 g/mol. The van der Waals surface area contributed by atoms with Crippen LogP contribution in [0.3, 0.4) is 0 Å². The average Bonchev–Trinajstić information content (AvgIpc) is 2.36. The van der Waals surface area contributed by atoms with E-state index in [-0.39, 0.29) is 6.04 Å². The molecule has 0 fully saturated rings. The van der Waals surface area contributed by atoms with E-state index in [0.717, 1.165) is 23.3 Å². The van der Waals surface area contributed by atoms with Gasteiger partial charge in [0.25, 0.3) is 0 Å². The van der Waals surface area contributed by atoms with Crippen molar-refractivity contribution in [2.45, 2.75) is 52.3 Å². The molecule has 1 aromatic carbocycles. The van der Waals surface area contributed by atoms with E-state index in [1.54, 1.807) is 7.11 Å². The van der Waals surface area contributed by atoms with Gasteiger partial charge in [-0.2, -0.15) is 0 Å². The van der Waals surface area contributed by atoms with E-state index in [9.17, 15) is 5.11 Å². The summed E-state index contributed by atoms with van der Waals surface area (Å²) in [5, 5.41) is 13.6. The van der Waals surface area contributed by atoms with Gasteiger partial charge in [-0.3, -0.25) is 0 Å². The van der Waals surface area contributed by atoms with Crippen molar-refractivity contribution < 1.29 is 9.84 Å². The quantitative estimate of drug-likeness (QED) is 0.816. The zero-order chi connectivity index (χ0) is 13.7. The van der Waals surface area contributed by atoms with Gasteiger partial charge in [0.15, 0.2) is 0 Å². The normalized spacial score (nSPS) is 14.6. The van der Waals surface area contributed by atoms with Crippen LogP contribution in [0.5, 0.6) is 5.75 Å². The zero-order valence-electron chi connectivity index (χ0n) is 12.0. The second-order valence-corrected chi connectivity index (χ2v) is 4.98. The molecule has 0 aliphatic carbocycles. The molecule has 0 saturated heterocycles. The predicted octanol–water partition coefficient (Wildman–Crippen LogP) is 2.68. The SMILES string of the molecule is CCc1cc(C(O)C(C)NC(C)C)ccc1OC. The summed E-state index contributed by atoms with van der Waals surface area (Å²) in [7, 11) is 1.67. The van der Waals surface area contributed by atoms with Gasteiger partial charge in [-0.05, 0) is 36.6 Å². The van der Waals surface area contributed by atoms with E-state index in [4.69, 9.17) is 4.74 Å². The van der Waals surface area contributed by atoms with Crippen LogP contribution in [0.2, 0.25) is 0 Å². The van der Waals surface area contributed by atoms with Crippen LogP contribution in [0.15, 0.2) is 18.2 Å². The molecule has 3 nitrogen and oxygen atoms in total. The molecule has 0 aliphatic heterocycles. The Balaban J connectivity index is 2.89. The van der Waals surface area contributed by atoms with Gasteiger partial charge in [0, 0.05) is 12.1 Å². The molecule has 2 unspecified atom stereocenters. The zero-order valence-corrected chi connectivity index (χ0v) is 12.0. The molecule has 0 bridgehead atoms. The van der Waals surface area contributed by atoms with Crippen molar-refractivity contribution in [1.29, 1.82) is 0 Å². The molecule has 0 aliphatic rings. The number of benzene rings is 1. The lowest BCUT2D eigenvalue weighted by molar-refractivity contribution is 0.131. The minimum Gasteiger partial charge on any atom is -0.496 e. The van der Waals surface area contributed by atoms with Crippen molar-refractivity contribution >= 4 is 0 Å². The minimum absolute atomic E-state index is 0.0306. The summed E-state index contributed by atoms with van der Waals surface area (Å²) in [4.78, 5) is 0. The van der Waals surface area contributed by atoms with Gasteiger partial charge in [0.1, 0.15) is 5.75 Å². The number of nitrogens with one attached hydrogen (secondary N) is 1. The Kier molecular flexibility index (Phi) is 5.63. The molecule has 0 saturated carbocycles. The van der Waals surface area contributed by atoms with E-state index in [1.165, 1.54) is 0 Å². The van der Waals surface area contributed by atoms with Crippen molar-refractivity contribution in [2.75, 3.05) is 7.11 Å². The van der Waals surface area contributed by atoms with E-state index in [0.29, 0.717) is 6.04 Å². The van der Waals surface area contributed by atoms with Crippen LogP contribution in [0.4, 0.5) is 0 Å². The van der Waals surface area contributed by atoms with Crippen LogP contribution < -0.4 is 10.1 Å². The third-order valence-corrected chi connectivity index (χ3v) is 3.10. The summed E-state index contributed by atoms with van der Waals surface area (Å²) in [6, 6.07) is 6.28. The molecule has 0 amide bonds. The first-order valence-electron chi connectivity index (χ1n) is 6.60. The summed E-state index contributed by atoms with van der Waals surface area (Å²) in [6.07, 6.45) is 0.402. The number of hydrogen-bond donors (Lipinski definition) is 2. The number of aliphatic hydroxyl groups excluding tert-OH is 1. The van der Waals surface area contributed by atoms with E-state index in [2.05, 4.69) is 26.1 Å². The van der Waals surface area contributed by atoms with Gasteiger partial charge in [0.05, 0.1) is 13.2 Å². The maximum atomic E-state index is 10.3. The lowest BCUT2D eigenvalue weighted by atomic mass is 9.99. The second kappa shape index (κ2) is 6.76. The Labute approximate surface area is 110 Å². The molecule has 2 N–H and O–H groups in total. The highest BCUT2D eigenvalue weighted by Gasteiger charge is 2.17. The predicted molar refractivity (Wildman–Crippen MR) is 75.1 cm³/mol.